The summed E-state index contributed by atoms with van der Waals surface area (Å²) in [5, 5.41) is 0. The fraction of sp³-hybridized carbons (Fsp3) is 0.250. The number of rotatable bonds is 5. The van der Waals surface area contributed by atoms with Crippen molar-refractivity contribution < 1.29 is 13.9 Å². The normalized spacial score (nSPS) is 12.0. The summed E-state index contributed by atoms with van der Waals surface area (Å²) in [6.45, 7) is 4.30. The van der Waals surface area contributed by atoms with Gasteiger partial charge >= 0.3 is 0 Å². The first-order valence-electron chi connectivity index (χ1n) is 6.56. The van der Waals surface area contributed by atoms with E-state index in [-0.39, 0.29) is 11.9 Å². The van der Waals surface area contributed by atoms with Crippen LogP contribution in [0.2, 0.25) is 0 Å². The van der Waals surface area contributed by atoms with Crippen molar-refractivity contribution in [3.8, 4) is 17.2 Å². The predicted molar refractivity (Wildman–Crippen MR) is 76.7 cm³/mol. The quantitative estimate of drug-likeness (QED) is 0.895. The Hall–Kier alpha value is -2.07. The van der Waals surface area contributed by atoms with E-state index in [4.69, 9.17) is 15.2 Å². The van der Waals surface area contributed by atoms with Gasteiger partial charge in [0.1, 0.15) is 23.1 Å². The maximum Gasteiger partial charge on any atom is 0.132 e. The van der Waals surface area contributed by atoms with Crippen LogP contribution in [0.4, 0.5) is 4.39 Å². The summed E-state index contributed by atoms with van der Waals surface area (Å²) in [6.07, 6.45) is 0. The zero-order valence-corrected chi connectivity index (χ0v) is 11.6. The molecular formula is C16H18FNO2. The molecule has 0 bridgehead atoms. The molecule has 2 rings (SSSR count). The van der Waals surface area contributed by atoms with Crippen molar-refractivity contribution in [2.24, 2.45) is 5.73 Å². The summed E-state index contributed by atoms with van der Waals surface area (Å²) in [7, 11) is 0. The van der Waals surface area contributed by atoms with Crippen LogP contribution in [-0.2, 0) is 0 Å². The summed E-state index contributed by atoms with van der Waals surface area (Å²) in [4.78, 5) is 0. The monoisotopic (exact) mass is 275 g/mol. The zero-order chi connectivity index (χ0) is 14.5. The fourth-order valence-corrected chi connectivity index (χ4v) is 1.89. The lowest BCUT2D eigenvalue weighted by Crippen LogP contribution is -2.07. The smallest absolute Gasteiger partial charge is 0.132 e. The number of hydrogen-bond donors (Lipinski definition) is 1. The molecule has 0 amide bonds. The van der Waals surface area contributed by atoms with Gasteiger partial charge in [-0.15, -0.1) is 0 Å². The van der Waals surface area contributed by atoms with Crippen LogP contribution < -0.4 is 15.2 Å². The third-order valence-electron chi connectivity index (χ3n) is 2.81. The number of benzene rings is 2. The third kappa shape index (κ3) is 3.48. The summed E-state index contributed by atoms with van der Waals surface area (Å²) < 4.78 is 24.5. The predicted octanol–water partition coefficient (Wildman–Crippen LogP) is 4.04. The summed E-state index contributed by atoms with van der Waals surface area (Å²) in [5.74, 6) is 1.58. The van der Waals surface area contributed by atoms with Crippen LogP contribution in [0.3, 0.4) is 0 Å². The highest BCUT2D eigenvalue weighted by Gasteiger charge is 2.10. The molecule has 0 heterocycles. The lowest BCUT2D eigenvalue weighted by molar-refractivity contribution is 0.338. The van der Waals surface area contributed by atoms with Crippen molar-refractivity contribution in [3.05, 3.63) is 53.8 Å². The molecule has 0 saturated heterocycles. The van der Waals surface area contributed by atoms with Crippen molar-refractivity contribution in [1.82, 2.24) is 0 Å². The molecule has 0 unspecified atom stereocenters. The van der Waals surface area contributed by atoms with Gasteiger partial charge in [-0.1, -0.05) is 6.07 Å². The van der Waals surface area contributed by atoms with Crippen LogP contribution in [-0.4, -0.2) is 6.61 Å². The van der Waals surface area contributed by atoms with Gasteiger partial charge in [-0.3, -0.25) is 0 Å². The van der Waals surface area contributed by atoms with Crippen molar-refractivity contribution in [2.75, 3.05) is 6.61 Å². The Bertz CT molecular complexity index is 584. The summed E-state index contributed by atoms with van der Waals surface area (Å²) >= 11 is 0. The van der Waals surface area contributed by atoms with Crippen LogP contribution in [0.25, 0.3) is 0 Å². The average molecular weight is 275 g/mol. The number of halogens is 1. The van der Waals surface area contributed by atoms with E-state index >= 15 is 0 Å². The molecule has 0 aliphatic heterocycles. The number of hydrogen-bond acceptors (Lipinski definition) is 3. The van der Waals surface area contributed by atoms with E-state index in [9.17, 15) is 4.39 Å². The highest BCUT2D eigenvalue weighted by atomic mass is 19.1. The standard InChI is InChI=1S/C16H18FNO2/c1-3-19-13-5-4-6-14(10-13)20-16-8-7-12(17)9-15(16)11(2)18/h4-11H,3,18H2,1-2H3/t11-/m0/s1. The van der Waals surface area contributed by atoms with Crippen LogP contribution in [0.1, 0.15) is 25.5 Å². The van der Waals surface area contributed by atoms with Gasteiger partial charge in [0.25, 0.3) is 0 Å². The van der Waals surface area contributed by atoms with Crippen molar-refractivity contribution in [2.45, 2.75) is 19.9 Å². The van der Waals surface area contributed by atoms with Gasteiger partial charge in [-0.05, 0) is 44.2 Å². The van der Waals surface area contributed by atoms with Crippen LogP contribution in [0.15, 0.2) is 42.5 Å². The van der Waals surface area contributed by atoms with Gasteiger partial charge in [0.15, 0.2) is 0 Å². The van der Waals surface area contributed by atoms with E-state index in [2.05, 4.69) is 0 Å². The topological polar surface area (TPSA) is 44.5 Å². The van der Waals surface area contributed by atoms with Gasteiger partial charge in [0.05, 0.1) is 6.61 Å². The van der Waals surface area contributed by atoms with Crippen LogP contribution >= 0.6 is 0 Å². The number of ether oxygens (including phenoxy) is 2. The lowest BCUT2D eigenvalue weighted by Gasteiger charge is -2.14. The Morgan fingerprint density at radius 1 is 1.15 bits per heavy atom. The van der Waals surface area contributed by atoms with Gasteiger partial charge in [-0.2, -0.15) is 0 Å². The molecule has 0 aliphatic rings. The largest absolute Gasteiger partial charge is 0.494 e. The van der Waals surface area contributed by atoms with Gasteiger partial charge < -0.3 is 15.2 Å². The molecule has 0 aromatic heterocycles. The van der Waals surface area contributed by atoms with E-state index in [0.717, 1.165) is 5.75 Å². The molecule has 106 valence electrons. The van der Waals surface area contributed by atoms with Crippen molar-refractivity contribution >= 4 is 0 Å². The van der Waals surface area contributed by atoms with Gasteiger partial charge in [0, 0.05) is 17.7 Å². The molecule has 3 nitrogen and oxygen atoms in total. The maximum atomic E-state index is 13.3. The second-order valence-electron chi connectivity index (χ2n) is 4.48. The van der Waals surface area contributed by atoms with Gasteiger partial charge in [0.2, 0.25) is 0 Å². The first-order valence-corrected chi connectivity index (χ1v) is 6.56. The van der Waals surface area contributed by atoms with E-state index in [1.807, 2.05) is 25.1 Å². The molecular weight excluding hydrogens is 257 g/mol. The van der Waals surface area contributed by atoms with Crippen LogP contribution in [0.5, 0.6) is 17.2 Å². The summed E-state index contributed by atoms with van der Waals surface area (Å²) in [6, 6.07) is 11.3. The molecule has 4 heteroatoms. The second-order valence-corrected chi connectivity index (χ2v) is 4.48. The first kappa shape index (κ1) is 14.3. The molecule has 0 spiro atoms. The molecule has 0 radical (unpaired) electrons. The van der Waals surface area contributed by atoms with E-state index in [1.54, 1.807) is 19.1 Å². The molecule has 2 N–H and O–H groups in total. The Labute approximate surface area is 118 Å². The Morgan fingerprint density at radius 2 is 1.90 bits per heavy atom. The highest BCUT2D eigenvalue weighted by molar-refractivity contribution is 5.41. The van der Waals surface area contributed by atoms with Crippen LogP contribution in [0, 0.1) is 5.82 Å². The lowest BCUT2D eigenvalue weighted by atomic mass is 10.1. The third-order valence-corrected chi connectivity index (χ3v) is 2.81. The zero-order valence-electron chi connectivity index (χ0n) is 11.6. The Balaban J connectivity index is 2.27. The Kier molecular flexibility index (Phi) is 4.58. The Morgan fingerprint density at radius 3 is 2.60 bits per heavy atom. The molecule has 20 heavy (non-hydrogen) atoms. The molecule has 0 saturated carbocycles. The molecule has 0 aliphatic carbocycles. The minimum Gasteiger partial charge on any atom is -0.494 e. The van der Waals surface area contributed by atoms with E-state index in [1.165, 1.54) is 12.1 Å². The van der Waals surface area contributed by atoms with Gasteiger partial charge in [-0.25, -0.2) is 4.39 Å². The first-order chi connectivity index (χ1) is 9.60. The number of nitrogens with two attached hydrogens (primary N) is 1. The molecule has 2 aromatic carbocycles. The summed E-state index contributed by atoms with van der Waals surface area (Å²) in [5.41, 5.74) is 6.47. The SMILES string of the molecule is CCOc1cccc(Oc2ccc(F)cc2[C@H](C)N)c1. The minimum absolute atomic E-state index is 0.309. The van der Waals surface area contributed by atoms with E-state index < -0.39 is 0 Å². The van der Waals surface area contributed by atoms with Crippen molar-refractivity contribution in [3.63, 3.8) is 0 Å². The highest BCUT2D eigenvalue weighted by Crippen LogP contribution is 2.31. The molecule has 0 fully saturated rings. The minimum atomic E-state index is -0.326. The van der Waals surface area contributed by atoms with Crippen molar-refractivity contribution in [1.29, 1.82) is 0 Å². The maximum absolute atomic E-state index is 13.3. The fourth-order valence-electron chi connectivity index (χ4n) is 1.89. The average Bonchev–Trinajstić information content (AvgIpc) is 2.41. The second kappa shape index (κ2) is 6.39. The molecule has 1 atom stereocenters. The van der Waals surface area contributed by atoms with E-state index in [0.29, 0.717) is 23.7 Å². The molecule has 2 aromatic rings.